The van der Waals surface area contributed by atoms with Crippen molar-refractivity contribution in [3.63, 3.8) is 0 Å². The minimum atomic E-state index is 0.605. The Balaban J connectivity index is 1.86. The van der Waals surface area contributed by atoms with Crippen molar-refractivity contribution >= 4 is 0 Å². The molecule has 2 aromatic rings. The molecular formula is C17H19N. The van der Waals surface area contributed by atoms with E-state index in [2.05, 4.69) is 48.5 Å². The minimum absolute atomic E-state index is 0.605. The summed E-state index contributed by atoms with van der Waals surface area (Å²) in [4.78, 5) is 0. The van der Waals surface area contributed by atoms with Crippen molar-refractivity contribution in [2.24, 2.45) is 5.73 Å². The van der Waals surface area contributed by atoms with Gasteiger partial charge in [0.25, 0.3) is 0 Å². The lowest BCUT2D eigenvalue weighted by molar-refractivity contribution is 0.420. The van der Waals surface area contributed by atoms with E-state index in [0.29, 0.717) is 6.54 Å². The standard InChI is InChI=1S/C17H19N/c18-12-13-3-1-6-17(11-13)16-9-7-15(8-10-16)14-4-2-5-14/h1,3,6-11,14H,2,4-5,12,18H2. The zero-order chi connectivity index (χ0) is 12.4. The summed E-state index contributed by atoms with van der Waals surface area (Å²) in [7, 11) is 0. The van der Waals surface area contributed by atoms with Gasteiger partial charge in [-0.25, -0.2) is 0 Å². The summed E-state index contributed by atoms with van der Waals surface area (Å²) in [6.45, 7) is 0.605. The van der Waals surface area contributed by atoms with Crippen LogP contribution < -0.4 is 5.73 Å². The van der Waals surface area contributed by atoms with Crippen LogP contribution in [0.25, 0.3) is 11.1 Å². The molecule has 0 aromatic heterocycles. The number of rotatable bonds is 3. The van der Waals surface area contributed by atoms with Crippen LogP contribution in [0.1, 0.15) is 36.3 Å². The quantitative estimate of drug-likeness (QED) is 0.855. The van der Waals surface area contributed by atoms with Crippen LogP contribution >= 0.6 is 0 Å². The lowest BCUT2D eigenvalue weighted by Crippen LogP contribution is -2.08. The van der Waals surface area contributed by atoms with Gasteiger partial charge in [0, 0.05) is 6.54 Å². The van der Waals surface area contributed by atoms with Crippen molar-refractivity contribution in [3.05, 3.63) is 59.7 Å². The largest absolute Gasteiger partial charge is 0.326 e. The van der Waals surface area contributed by atoms with Crippen LogP contribution in [-0.4, -0.2) is 0 Å². The maximum Gasteiger partial charge on any atom is 0.0178 e. The molecule has 0 unspecified atom stereocenters. The average Bonchev–Trinajstić information content (AvgIpc) is 2.38. The molecule has 1 saturated carbocycles. The van der Waals surface area contributed by atoms with Crippen LogP contribution in [0.4, 0.5) is 0 Å². The van der Waals surface area contributed by atoms with Crippen LogP contribution in [-0.2, 0) is 6.54 Å². The second-order valence-electron chi connectivity index (χ2n) is 5.15. The maximum atomic E-state index is 5.69. The average molecular weight is 237 g/mol. The SMILES string of the molecule is NCc1cccc(-c2ccc(C3CCC3)cc2)c1. The van der Waals surface area contributed by atoms with Crippen molar-refractivity contribution in [1.29, 1.82) is 0 Å². The molecule has 18 heavy (non-hydrogen) atoms. The third-order valence-corrected chi connectivity index (χ3v) is 3.98. The van der Waals surface area contributed by atoms with E-state index in [1.54, 1.807) is 0 Å². The fourth-order valence-corrected chi connectivity index (χ4v) is 2.57. The predicted octanol–water partition coefficient (Wildman–Crippen LogP) is 4.08. The van der Waals surface area contributed by atoms with Gasteiger partial charge >= 0.3 is 0 Å². The number of hydrogen-bond donors (Lipinski definition) is 1. The molecule has 1 heteroatoms. The Bertz CT molecular complexity index is 524. The maximum absolute atomic E-state index is 5.69. The van der Waals surface area contributed by atoms with E-state index < -0.39 is 0 Å². The zero-order valence-electron chi connectivity index (χ0n) is 10.6. The number of nitrogens with two attached hydrogens (primary N) is 1. The monoisotopic (exact) mass is 237 g/mol. The second kappa shape index (κ2) is 4.95. The Labute approximate surface area is 109 Å². The Morgan fingerprint density at radius 1 is 0.944 bits per heavy atom. The zero-order valence-corrected chi connectivity index (χ0v) is 10.6. The summed E-state index contributed by atoms with van der Waals surface area (Å²) < 4.78 is 0. The lowest BCUT2D eigenvalue weighted by atomic mass is 9.80. The molecule has 92 valence electrons. The molecule has 0 aliphatic heterocycles. The molecule has 1 aliphatic carbocycles. The predicted molar refractivity (Wildman–Crippen MR) is 76.4 cm³/mol. The summed E-state index contributed by atoms with van der Waals surface area (Å²) in [5.74, 6) is 0.814. The third kappa shape index (κ3) is 2.19. The molecule has 0 heterocycles. The molecule has 3 rings (SSSR count). The highest BCUT2D eigenvalue weighted by molar-refractivity contribution is 5.64. The Morgan fingerprint density at radius 2 is 1.72 bits per heavy atom. The molecule has 1 nitrogen and oxygen atoms in total. The first-order valence-corrected chi connectivity index (χ1v) is 6.76. The van der Waals surface area contributed by atoms with E-state index in [9.17, 15) is 0 Å². The van der Waals surface area contributed by atoms with E-state index in [1.165, 1.54) is 41.5 Å². The highest BCUT2D eigenvalue weighted by Crippen LogP contribution is 2.36. The van der Waals surface area contributed by atoms with Crippen LogP contribution in [0.5, 0.6) is 0 Å². The van der Waals surface area contributed by atoms with Crippen molar-refractivity contribution in [1.82, 2.24) is 0 Å². The Kier molecular flexibility index (Phi) is 3.16. The van der Waals surface area contributed by atoms with E-state index in [0.717, 1.165) is 5.92 Å². The third-order valence-electron chi connectivity index (χ3n) is 3.98. The fourth-order valence-electron chi connectivity index (χ4n) is 2.57. The first-order valence-electron chi connectivity index (χ1n) is 6.76. The number of hydrogen-bond acceptors (Lipinski definition) is 1. The van der Waals surface area contributed by atoms with Gasteiger partial charge in [0.2, 0.25) is 0 Å². The molecular weight excluding hydrogens is 218 g/mol. The summed E-state index contributed by atoms with van der Waals surface area (Å²) in [5.41, 5.74) is 10.9. The van der Waals surface area contributed by atoms with Gasteiger partial charge in [0.05, 0.1) is 0 Å². The van der Waals surface area contributed by atoms with Gasteiger partial charge in [-0.3, -0.25) is 0 Å². The van der Waals surface area contributed by atoms with Gasteiger partial charge < -0.3 is 5.73 Å². The molecule has 2 aromatic carbocycles. The van der Waals surface area contributed by atoms with Gasteiger partial charge in [0.1, 0.15) is 0 Å². The van der Waals surface area contributed by atoms with Gasteiger partial charge in [-0.1, -0.05) is 48.9 Å². The van der Waals surface area contributed by atoms with Crippen LogP contribution in [0.15, 0.2) is 48.5 Å². The summed E-state index contributed by atoms with van der Waals surface area (Å²) >= 11 is 0. The van der Waals surface area contributed by atoms with Gasteiger partial charge in [-0.15, -0.1) is 0 Å². The smallest absolute Gasteiger partial charge is 0.0178 e. The van der Waals surface area contributed by atoms with Crippen molar-refractivity contribution in [3.8, 4) is 11.1 Å². The number of benzene rings is 2. The molecule has 2 N–H and O–H groups in total. The molecule has 0 bridgehead atoms. The first-order chi connectivity index (χ1) is 8.86. The Morgan fingerprint density at radius 3 is 2.33 bits per heavy atom. The van der Waals surface area contributed by atoms with E-state index in [-0.39, 0.29) is 0 Å². The van der Waals surface area contributed by atoms with Crippen molar-refractivity contribution in [2.45, 2.75) is 31.7 Å². The highest BCUT2D eigenvalue weighted by Gasteiger charge is 2.18. The molecule has 0 spiro atoms. The van der Waals surface area contributed by atoms with Crippen molar-refractivity contribution < 1.29 is 0 Å². The molecule has 0 atom stereocenters. The molecule has 0 radical (unpaired) electrons. The van der Waals surface area contributed by atoms with E-state index in [4.69, 9.17) is 5.73 Å². The lowest BCUT2D eigenvalue weighted by Gasteiger charge is -2.25. The molecule has 0 amide bonds. The molecule has 1 fully saturated rings. The summed E-state index contributed by atoms with van der Waals surface area (Å²) in [6.07, 6.45) is 4.12. The summed E-state index contributed by atoms with van der Waals surface area (Å²) in [6, 6.07) is 17.5. The molecule has 1 aliphatic rings. The minimum Gasteiger partial charge on any atom is -0.326 e. The van der Waals surface area contributed by atoms with Crippen LogP contribution in [0.2, 0.25) is 0 Å². The molecule has 0 saturated heterocycles. The Hall–Kier alpha value is -1.60. The first kappa shape index (κ1) is 11.5. The summed E-state index contributed by atoms with van der Waals surface area (Å²) in [5, 5.41) is 0. The van der Waals surface area contributed by atoms with Crippen molar-refractivity contribution in [2.75, 3.05) is 0 Å². The van der Waals surface area contributed by atoms with Crippen LogP contribution in [0.3, 0.4) is 0 Å². The topological polar surface area (TPSA) is 26.0 Å². The highest BCUT2D eigenvalue weighted by atomic mass is 14.5. The van der Waals surface area contributed by atoms with Gasteiger partial charge in [-0.05, 0) is 47.1 Å². The van der Waals surface area contributed by atoms with Gasteiger partial charge in [-0.2, -0.15) is 0 Å². The fraction of sp³-hybridized carbons (Fsp3) is 0.294. The van der Waals surface area contributed by atoms with E-state index >= 15 is 0 Å². The van der Waals surface area contributed by atoms with E-state index in [1.807, 2.05) is 0 Å². The van der Waals surface area contributed by atoms with Gasteiger partial charge in [0.15, 0.2) is 0 Å². The van der Waals surface area contributed by atoms with Crippen LogP contribution in [0, 0.1) is 0 Å². The second-order valence-corrected chi connectivity index (χ2v) is 5.15. The normalized spacial score (nSPS) is 15.4.